The summed E-state index contributed by atoms with van der Waals surface area (Å²) in [5.41, 5.74) is 0. The van der Waals surface area contributed by atoms with Crippen molar-refractivity contribution in [3.05, 3.63) is 0 Å². The summed E-state index contributed by atoms with van der Waals surface area (Å²) in [6.45, 7) is 0. The first-order chi connectivity index (χ1) is 0. The van der Waals surface area contributed by atoms with E-state index in [1.165, 1.54) is 0 Å². The van der Waals surface area contributed by atoms with Gasteiger partial charge in [-0.15, -0.1) is 0 Å². The van der Waals surface area contributed by atoms with Crippen LogP contribution < -0.4 is 18.8 Å². The van der Waals surface area contributed by atoms with Crippen LogP contribution in [-0.4, -0.2) is 17.6 Å². The van der Waals surface area contributed by atoms with Crippen LogP contribution in [0.15, 0.2) is 0 Å². The molecule has 0 saturated carbocycles. The van der Waals surface area contributed by atoms with Crippen LogP contribution in [0.25, 0.3) is 0 Å². The molecule has 0 heterocycles. The van der Waals surface area contributed by atoms with Crippen molar-refractivity contribution in [2.45, 2.75) is 0 Å². The quantitative estimate of drug-likeness (QED) is 0.237. The summed E-state index contributed by atoms with van der Waals surface area (Å²) in [5, 5.41) is 0. The first-order valence-corrected chi connectivity index (χ1v) is 0. The molecule has 0 aromatic carbocycles. The Bertz CT molecular complexity index is 3.61. The van der Waals surface area contributed by atoms with E-state index < -0.39 is 0 Å². The normalized spacial score (nSPS) is 0. The van der Waals surface area contributed by atoms with Gasteiger partial charge in [0, 0.05) is 17.6 Å². The molecule has 0 aliphatic rings. The van der Waals surface area contributed by atoms with Gasteiger partial charge in [0.25, 0.3) is 0 Å². The van der Waals surface area contributed by atoms with Crippen molar-refractivity contribution in [3.63, 3.8) is 0 Å². The Hall–Kier alpha value is 0.263. The van der Waals surface area contributed by atoms with Gasteiger partial charge in [0.1, 0.15) is 0 Å². The van der Waals surface area contributed by atoms with Gasteiger partial charge in [-0.25, -0.2) is 0 Å². The van der Waals surface area contributed by atoms with Crippen molar-refractivity contribution < 1.29 is 18.8 Å². The third-order valence-corrected chi connectivity index (χ3v) is 0. The molecule has 0 unspecified atom stereocenters. The molecule has 0 amide bonds. The second-order valence-electron chi connectivity index (χ2n) is 0. The summed E-state index contributed by atoms with van der Waals surface area (Å²) in [6.07, 6.45) is 0. The summed E-state index contributed by atoms with van der Waals surface area (Å²) in [4.78, 5) is 0. The Kier molecular flexibility index (Phi) is 182000. The Morgan fingerprint density at radius 1 is 0.400 bits per heavy atom. The molecule has 0 fully saturated rings. The van der Waals surface area contributed by atoms with Gasteiger partial charge in [-0.05, 0) is 0 Å². The first-order valence-electron chi connectivity index (χ1n) is 0. The molecule has 0 atom stereocenters. The van der Waals surface area contributed by atoms with Crippen LogP contribution in [0.4, 0.5) is 0 Å². The minimum atomic E-state index is 0. The van der Waals surface area contributed by atoms with Crippen LogP contribution in [0.3, 0.4) is 0 Å². The summed E-state index contributed by atoms with van der Waals surface area (Å²) in [7, 11) is 0. The molecule has 36 valence electrons. The van der Waals surface area contributed by atoms with E-state index in [1.807, 2.05) is 0 Å². The van der Waals surface area contributed by atoms with Gasteiger partial charge in [0.05, 0.1) is 0 Å². The molecule has 0 aromatic rings. The molecule has 5 heteroatoms. The van der Waals surface area contributed by atoms with Crippen LogP contribution in [-0.2, 0) is 0 Å². The van der Waals surface area contributed by atoms with Crippen LogP contribution in [0.2, 0.25) is 0 Å². The summed E-state index contributed by atoms with van der Waals surface area (Å²) >= 11 is 0. The van der Waals surface area contributed by atoms with Crippen molar-refractivity contribution in [1.82, 2.24) is 0 Å². The molecule has 4 radical (unpaired) electrons. The molecule has 0 spiro atoms. The van der Waals surface area contributed by atoms with Crippen LogP contribution in [0.1, 0.15) is 0 Å². The Balaban J connectivity index is 0. The molecule has 0 rings (SSSR count). The maximum atomic E-state index is 0. The summed E-state index contributed by atoms with van der Waals surface area (Å²) < 4.78 is 0. The Morgan fingerprint density at radius 2 is 0.400 bits per heavy atom. The zero-order chi connectivity index (χ0) is 0. The van der Waals surface area contributed by atoms with Crippen molar-refractivity contribution in [3.8, 4) is 0 Å². The van der Waals surface area contributed by atoms with E-state index in [4.69, 9.17) is 0 Å². The van der Waals surface area contributed by atoms with Gasteiger partial charge in [-0.3, -0.25) is 0 Å². The molecule has 5 heavy (non-hydrogen) atoms. The maximum absolute atomic E-state index is 0. The topological polar surface area (TPSA) is 0 Å². The largest absolute Gasteiger partial charge is 1.00 e. The van der Waals surface area contributed by atoms with E-state index in [2.05, 4.69) is 0 Å². The zero-order valence-corrected chi connectivity index (χ0v) is 4.11. The number of rotatable bonds is 0. The molecule has 0 aromatic heterocycles. The van der Waals surface area contributed by atoms with E-state index in [1.54, 1.807) is 0 Å². The van der Waals surface area contributed by atoms with E-state index in [0.717, 1.165) is 0 Å². The molecule has 0 aliphatic carbocycles. The molecular weight excluding hydrogens is 149 g/mol. The standard InChI is InChI=1S/4FH.Ge/h4*1H;/p-4. The van der Waals surface area contributed by atoms with E-state index >= 15 is 0 Å². The van der Waals surface area contributed by atoms with Crippen molar-refractivity contribution in [2.24, 2.45) is 0 Å². The number of hydrogen-bond donors (Lipinski definition) is 0. The van der Waals surface area contributed by atoms with E-state index in [9.17, 15) is 0 Å². The predicted octanol–water partition coefficient (Wildman–Crippen LogP) is -12.4. The van der Waals surface area contributed by atoms with E-state index in [0.29, 0.717) is 0 Å². The minimum Gasteiger partial charge on any atom is -1.00 e. The number of halogens is 4. The summed E-state index contributed by atoms with van der Waals surface area (Å²) in [5.74, 6) is 0. The second kappa shape index (κ2) is 657. The fourth-order valence-corrected chi connectivity index (χ4v) is 0. The minimum absolute atomic E-state index is 0. The molecule has 0 bridgehead atoms. The molecule has 0 saturated heterocycles. The first kappa shape index (κ1) is 1380. The smallest absolute Gasteiger partial charge is 0 e. The van der Waals surface area contributed by atoms with Crippen molar-refractivity contribution >= 4 is 17.6 Å². The molecular formula is F4Ge-4. The zero-order valence-electron chi connectivity index (χ0n) is 2.01. The van der Waals surface area contributed by atoms with Gasteiger partial charge < -0.3 is 18.8 Å². The van der Waals surface area contributed by atoms with Crippen molar-refractivity contribution in [1.29, 1.82) is 0 Å². The molecule has 0 nitrogen and oxygen atoms in total. The molecule has 0 N–H and O–H groups in total. The third kappa shape index (κ3) is 316. The fraction of sp³-hybridized carbons (Fsp3) is 0. The van der Waals surface area contributed by atoms with Gasteiger partial charge >= 0.3 is 0 Å². The third-order valence-electron chi connectivity index (χ3n) is 0. The Labute approximate surface area is 37.4 Å². The maximum Gasteiger partial charge on any atom is 0 e. The van der Waals surface area contributed by atoms with E-state index in [-0.39, 0.29) is 36.4 Å². The summed E-state index contributed by atoms with van der Waals surface area (Å²) in [6, 6.07) is 0. The van der Waals surface area contributed by atoms with Crippen LogP contribution in [0, 0.1) is 0 Å². The van der Waals surface area contributed by atoms with Gasteiger partial charge in [0.15, 0.2) is 0 Å². The average molecular weight is 149 g/mol. The van der Waals surface area contributed by atoms with Crippen molar-refractivity contribution in [2.75, 3.05) is 0 Å². The van der Waals surface area contributed by atoms with Gasteiger partial charge in [0.2, 0.25) is 0 Å². The van der Waals surface area contributed by atoms with Crippen LogP contribution >= 0.6 is 0 Å². The SMILES string of the molecule is [F-].[F-].[F-].[F-].[Ge]. The van der Waals surface area contributed by atoms with Gasteiger partial charge in [-0.2, -0.15) is 0 Å². The average Bonchev–Trinajstić information content (AvgIpc) is 0. The second-order valence-corrected chi connectivity index (χ2v) is 0. The number of hydrogen-bond acceptors (Lipinski definition) is 0. The fourth-order valence-electron chi connectivity index (χ4n) is 0. The molecule has 0 aliphatic heterocycles. The Morgan fingerprint density at radius 3 is 0.400 bits per heavy atom. The monoisotopic (exact) mass is 150 g/mol. The van der Waals surface area contributed by atoms with Gasteiger partial charge in [-0.1, -0.05) is 0 Å². The predicted molar refractivity (Wildman–Crippen MR) is 5.75 cm³/mol. The van der Waals surface area contributed by atoms with Crippen LogP contribution in [0.5, 0.6) is 0 Å².